The van der Waals surface area contributed by atoms with Crippen LogP contribution in [-0.2, 0) is 9.59 Å². The van der Waals surface area contributed by atoms with Gasteiger partial charge in [0.05, 0.1) is 28.7 Å². The lowest BCUT2D eigenvalue weighted by Crippen LogP contribution is -2.32. The van der Waals surface area contributed by atoms with Crippen molar-refractivity contribution < 1.29 is 28.9 Å². The number of nitrogens with zero attached hydrogens (tertiary/aromatic N) is 3. The summed E-state index contributed by atoms with van der Waals surface area (Å²) in [6.45, 7) is 2.34. The highest BCUT2D eigenvalue weighted by Gasteiger charge is 2.21. The van der Waals surface area contributed by atoms with Crippen molar-refractivity contribution in [3.63, 3.8) is 0 Å². The first-order chi connectivity index (χ1) is 17.3. The Bertz CT molecular complexity index is 1320. The van der Waals surface area contributed by atoms with Crippen LogP contribution in [0.2, 0.25) is 0 Å². The molecule has 184 valence electrons. The van der Waals surface area contributed by atoms with Gasteiger partial charge in [0.1, 0.15) is 11.5 Å². The fraction of sp³-hybridized carbons (Fsp3) is 0.0870. The topological polar surface area (TPSA) is 175 Å². The Kier molecular flexibility index (Phi) is 8.22. The molecule has 0 aliphatic heterocycles. The number of carbonyl (C=O) groups is 2. The van der Waals surface area contributed by atoms with Gasteiger partial charge in [-0.15, -0.1) is 0 Å². The lowest BCUT2D eigenvalue weighted by molar-refractivity contribution is -0.394. The van der Waals surface area contributed by atoms with Crippen LogP contribution in [0, 0.1) is 20.2 Å². The van der Waals surface area contributed by atoms with Gasteiger partial charge in [-0.25, -0.2) is 5.43 Å². The second-order valence-corrected chi connectivity index (χ2v) is 6.95. The fourth-order valence-corrected chi connectivity index (χ4v) is 2.84. The summed E-state index contributed by atoms with van der Waals surface area (Å²) in [5, 5.41) is 28.3. The van der Waals surface area contributed by atoms with Crippen molar-refractivity contribution in [2.75, 3.05) is 11.9 Å². The molecule has 2 amide bonds. The van der Waals surface area contributed by atoms with Crippen molar-refractivity contribution in [3.05, 3.63) is 92.5 Å². The number of anilines is 1. The van der Waals surface area contributed by atoms with Gasteiger partial charge in [0, 0.05) is 11.8 Å². The number of amides is 2. The monoisotopic (exact) mass is 493 g/mol. The zero-order valence-corrected chi connectivity index (χ0v) is 18.7. The standard InChI is InChI=1S/C23H19N5O8/c1-2-35-18-9-6-16(7-10-18)25-22(29)23(30)26-24-14-15-4-3-5-19(12-15)36-21-11-8-17(27(31)32)13-20(21)28(33)34/h3-14H,2H2,1H3,(H,25,29)(H,26,30)/b24-14+. The summed E-state index contributed by atoms with van der Waals surface area (Å²) in [6, 6.07) is 15.6. The number of nitro groups is 2. The molecule has 0 aliphatic rings. The minimum absolute atomic E-state index is 0.176. The highest BCUT2D eigenvalue weighted by Crippen LogP contribution is 2.34. The number of hydrogen-bond acceptors (Lipinski definition) is 9. The van der Waals surface area contributed by atoms with Crippen LogP contribution in [0.5, 0.6) is 17.2 Å². The summed E-state index contributed by atoms with van der Waals surface area (Å²) in [4.78, 5) is 44.6. The van der Waals surface area contributed by atoms with Gasteiger partial charge in [-0.1, -0.05) is 12.1 Å². The molecule has 0 unspecified atom stereocenters. The predicted octanol–water partition coefficient (Wildman–Crippen LogP) is 3.78. The van der Waals surface area contributed by atoms with E-state index in [9.17, 15) is 29.8 Å². The molecule has 0 fully saturated rings. The van der Waals surface area contributed by atoms with Gasteiger partial charge >= 0.3 is 17.5 Å². The van der Waals surface area contributed by atoms with E-state index in [1.165, 1.54) is 18.3 Å². The highest BCUT2D eigenvalue weighted by molar-refractivity contribution is 6.39. The molecule has 0 aliphatic carbocycles. The third-order valence-electron chi connectivity index (χ3n) is 4.45. The summed E-state index contributed by atoms with van der Waals surface area (Å²) in [7, 11) is 0. The summed E-state index contributed by atoms with van der Waals surface area (Å²) in [6.07, 6.45) is 1.24. The molecule has 36 heavy (non-hydrogen) atoms. The van der Waals surface area contributed by atoms with Gasteiger partial charge in [0.25, 0.3) is 5.69 Å². The first kappa shape index (κ1) is 25.3. The molecule has 0 heterocycles. The van der Waals surface area contributed by atoms with Gasteiger partial charge in [-0.2, -0.15) is 5.10 Å². The van der Waals surface area contributed by atoms with E-state index < -0.39 is 33.0 Å². The van der Waals surface area contributed by atoms with Crippen LogP contribution in [0.4, 0.5) is 17.1 Å². The summed E-state index contributed by atoms with van der Waals surface area (Å²) in [5.74, 6) is -1.33. The van der Waals surface area contributed by atoms with Crippen molar-refractivity contribution >= 4 is 35.1 Å². The minimum atomic E-state index is -1.01. The van der Waals surface area contributed by atoms with Crippen LogP contribution in [0.3, 0.4) is 0 Å². The maximum atomic E-state index is 12.0. The first-order valence-corrected chi connectivity index (χ1v) is 10.3. The fourth-order valence-electron chi connectivity index (χ4n) is 2.84. The zero-order valence-electron chi connectivity index (χ0n) is 18.7. The van der Waals surface area contributed by atoms with Crippen LogP contribution in [0.15, 0.2) is 71.8 Å². The number of benzene rings is 3. The Balaban J connectivity index is 1.61. The predicted molar refractivity (Wildman–Crippen MR) is 128 cm³/mol. The molecule has 0 saturated carbocycles. The highest BCUT2D eigenvalue weighted by atomic mass is 16.6. The van der Waals surface area contributed by atoms with Crippen molar-refractivity contribution in [2.45, 2.75) is 6.92 Å². The van der Waals surface area contributed by atoms with Gasteiger partial charge in [-0.05, 0) is 55.0 Å². The lowest BCUT2D eigenvalue weighted by atomic mass is 10.2. The van der Waals surface area contributed by atoms with Crippen molar-refractivity contribution in [2.24, 2.45) is 5.10 Å². The van der Waals surface area contributed by atoms with E-state index in [0.29, 0.717) is 23.6 Å². The molecule has 0 aromatic heterocycles. The van der Waals surface area contributed by atoms with Crippen molar-refractivity contribution in [1.82, 2.24) is 5.43 Å². The first-order valence-electron chi connectivity index (χ1n) is 10.3. The third-order valence-corrected chi connectivity index (χ3v) is 4.45. The van der Waals surface area contributed by atoms with E-state index in [0.717, 1.165) is 18.2 Å². The Morgan fingerprint density at radius 1 is 0.944 bits per heavy atom. The summed E-state index contributed by atoms with van der Waals surface area (Å²) < 4.78 is 10.8. The SMILES string of the molecule is CCOc1ccc(NC(=O)C(=O)N/N=C/c2cccc(Oc3ccc([N+](=O)[O-])cc3[N+](=O)[O-])c2)cc1. The number of ether oxygens (including phenoxy) is 2. The quantitative estimate of drug-likeness (QED) is 0.196. The van der Waals surface area contributed by atoms with Crippen molar-refractivity contribution in [1.29, 1.82) is 0 Å². The van der Waals surface area contributed by atoms with Crippen LogP contribution >= 0.6 is 0 Å². The van der Waals surface area contributed by atoms with Gasteiger partial charge in [0.15, 0.2) is 0 Å². The number of carbonyl (C=O) groups excluding carboxylic acids is 2. The average molecular weight is 493 g/mol. The van der Waals surface area contributed by atoms with E-state index in [-0.39, 0.29) is 11.5 Å². The Morgan fingerprint density at radius 3 is 2.36 bits per heavy atom. The summed E-state index contributed by atoms with van der Waals surface area (Å²) in [5.41, 5.74) is 1.90. The number of nitrogens with one attached hydrogen (secondary N) is 2. The van der Waals surface area contributed by atoms with Gasteiger partial charge < -0.3 is 14.8 Å². The lowest BCUT2D eigenvalue weighted by Gasteiger charge is -2.07. The van der Waals surface area contributed by atoms with Crippen molar-refractivity contribution in [3.8, 4) is 17.2 Å². The molecule has 0 atom stereocenters. The number of hydrazone groups is 1. The van der Waals surface area contributed by atoms with Crippen LogP contribution in [0.1, 0.15) is 12.5 Å². The molecular weight excluding hydrogens is 474 g/mol. The van der Waals surface area contributed by atoms with E-state index in [2.05, 4.69) is 15.8 Å². The van der Waals surface area contributed by atoms with E-state index in [1.54, 1.807) is 36.4 Å². The maximum absolute atomic E-state index is 12.0. The Morgan fingerprint density at radius 2 is 1.69 bits per heavy atom. The molecule has 0 saturated heterocycles. The largest absolute Gasteiger partial charge is 0.494 e. The molecule has 3 aromatic carbocycles. The molecule has 13 heteroatoms. The maximum Gasteiger partial charge on any atom is 0.329 e. The molecule has 2 N–H and O–H groups in total. The molecule has 3 aromatic rings. The van der Waals surface area contributed by atoms with Crippen LogP contribution in [-0.4, -0.2) is 34.5 Å². The number of hydrogen-bond donors (Lipinski definition) is 2. The van der Waals surface area contributed by atoms with Gasteiger partial charge in [0.2, 0.25) is 5.75 Å². The average Bonchev–Trinajstić information content (AvgIpc) is 2.85. The smallest absolute Gasteiger partial charge is 0.329 e. The third kappa shape index (κ3) is 6.84. The van der Waals surface area contributed by atoms with Crippen LogP contribution < -0.4 is 20.2 Å². The molecule has 13 nitrogen and oxygen atoms in total. The molecule has 3 rings (SSSR count). The molecule has 0 spiro atoms. The second kappa shape index (κ2) is 11.7. The number of nitro benzene ring substituents is 2. The Labute approximate surface area is 203 Å². The molecular formula is C23H19N5O8. The van der Waals surface area contributed by atoms with Crippen LogP contribution in [0.25, 0.3) is 0 Å². The van der Waals surface area contributed by atoms with Gasteiger partial charge in [-0.3, -0.25) is 29.8 Å². The van der Waals surface area contributed by atoms with E-state index in [1.807, 2.05) is 6.92 Å². The molecule has 0 bridgehead atoms. The zero-order chi connectivity index (χ0) is 26.1. The Hall–Kier alpha value is -5.33. The minimum Gasteiger partial charge on any atom is -0.494 e. The van der Waals surface area contributed by atoms with E-state index >= 15 is 0 Å². The molecule has 0 radical (unpaired) electrons. The normalized spacial score (nSPS) is 10.5. The number of rotatable bonds is 9. The second-order valence-electron chi connectivity index (χ2n) is 6.95. The number of non-ortho nitro benzene ring substituents is 1. The summed E-state index contributed by atoms with van der Waals surface area (Å²) >= 11 is 0. The van der Waals surface area contributed by atoms with E-state index in [4.69, 9.17) is 9.47 Å².